The first kappa shape index (κ1) is 22.2. The maximum absolute atomic E-state index is 13.3. The molecule has 3 rings (SSSR count). The standard InChI is InChI=1S/C23H32N2O5/c1-16(2)14-29-23(27)25-11-7-10-24(12-13-25)22(26)21-19(15-28-17(3)4)18-8-5-6-9-20(18)30-21/h5-6,8-9,16-17H,7,10-15H2,1-4H3. The second-order valence-electron chi connectivity index (χ2n) is 8.37. The minimum absolute atomic E-state index is 0.0465. The third-order valence-electron chi connectivity index (χ3n) is 5.03. The Hall–Kier alpha value is -2.54. The van der Waals surface area contributed by atoms with Crippen molar-refractivity contribution in [3.05, 3.63) is 35.6 Å². The number of rotatable bonds is 6. The summed E-state index contributed by atoms with van der Waals surface area (Å²) in [6, 6.07) is 7.63. The molecule has 2 heterocycles. The van der Waals surface area contributed by atoms with Crippen LogP contribution >= 0.6 is 0 Å². The van der Waals surface area contributed by atoms with Crippen LogP contribution in [0.2, 0.25) is 0 Å². The monoisotopic (exact) mass is 416 g/mol. The van der Waals surface area contributed by atoms with Crippen molar-refractivity contribution in [2.75, 3.05) is 32.8 Å². The highest BCUT2D eigenvalue weighted by Gasteiger charge is 2.28. The number of furan rings is 1. The first-order valence-corrected chi connectivity index (χ1v) is 10.7. The van der Waals surface area contributed by atoms with Crippen molar-refractivity contribution in [1.82, 2.24) is 9.80 Å². The quantitative estimate of drug-likeness (QED) is 0.702. The lowest BCUT2D eigenvalue weighted by molar-refractivity contribution is 0.0612. The lowest BCUT2D eigenvalue weighted by Gasteiger charge is -2.22. The lowest BCUT2D eigenvalue weighted by Crippen LogP contribution is -2.38. The van der Waals surface area contributed by atoms with Gasteiger partial charge < -0.3 is 23.7 Å². The average Bonchev–Trinajstić information content (AvgIpc) is 2.90. The van der Waals surface area contributed by atoms with Crippen LogP contribution in [-0.2, 0) is 16.1 Å². The lowest BCUT2D eigenvalue weighted by atomic mass is 10.1. The molecule has 0 saturated carbocycles. The Balaban J connectivity index is 1.74. The molecule has 0 N–H and O–H groups in total. The molecule has 2 aromatic rings. The van der Waals surface area contributed by atoms with Crippen molar-refractivity contribution < 1.29 is 23.5 Å². The molecule has 164 valence electrons. The summed E-state index contributed by atoms with van der Waals surface area (Å²) in [7, 11) is 0. The fourth-order valence-electron chi connectivity index (χ4n) is 3.44. The van der Waals surface area contributed by atoms with Gasteiger partial charge in [-0.05, 0) is 32.3 Å². The van der Waals surface area contributed by atoms with Gasteiger partial charge in [0.25, 0.3) is 5.91 Å². The van der Waals surface area contributed by atoms with Gasteiger partial charge in [-0.1, -0.05) is 32.0 Å². The van der Waals surface area contributed by atoms with E-state index in [1.165, 1.54) is 0 Å². The van der Waals surface area contributed by atoms with Crippen LogP contribution in [0, 0.1) is 5.92 Å². The molecule has 0 spiro atoms. The summed E-state index contributed by atoms with van der Waals surface area (Å²) in [6.07, 6.45) is 0.429. The largest absolute Gasteiger partial charge is 0.451 e. The second-order valence-corrected chi connectivity index (χ2v) is 8.37. The third-order valence-corrected chi connectivity index (χ3v) is 5.03. The van der Waals surface area contributed by atoms with Crippen LogP contribution in [-0.4, -0.2) is 60.7 Å². The van der Waals surface area contributed by atoms with Crippen molar-refractivity contribution in [3.8, 4) is 0 Å². The topological polar surface area (TPSA) is 72.2 Å². The van der Waals surface area contributed by atoms with Gasteiger partial charge in [0.05, 0.1) is 19.3 Å². The zero-order chi connectivity index (χ0) is 21.7. The molecule has 2 amide bonds. The Bertz CT molecular complexity index is 874. The Morgan fingerprint density at radius 3 is 2.47 bits per heavy atom. The maximum atomic E-state index is 13.3. The number of amides is 2. The molecule has 1 aromatic heterocycles. The first-order valence-electron chi connectivity index (χ1n) is 10.7. The summed E-state index contributed by atoms with van der Waals surface area (Å²) in [4.78, 5) is 29.0. The summed E-state index contributed by atoms with van der Waals surface area (Å²) in [6.45, 7) is 10.7. The fraction of sp³-hybridized carbons (Fsp3) is 0.565. The Kier molecular flexibility index (Phi) is 7.37. The van der Waals surface area contributed by atoms with Gasteiger partial charge in [-0.15, -0.1) is 0 Å². The Morgan fingerprint density at radius 1 is 1.03 bits per heavy atom. The zero-order valence-electron chi connectivity index (χ0n) is 18.3. The molecule has 0 atom stereocenters. The van der Waals surface area contributed by atoms with Gasteiger partial charge in [-0.3, -0.25) is 4.79 Å². The number of fused-ring (bicyclic) bond motifs is 1. The van der Waals surface area contributed by atoms with E-state index in [2.05, 4.69) is 0 Å². The molecule has 1 aliphatic rings. The SMILES string of the molecule is CC(C)COC(=O)N1CCCN(C(=O)c2oc3ccccc3c2COC(C)C)CC1. The van der Waals surface area contributed by atoms with Gasteiger partial charge in [0.15, 0.2) is 5.76 Å². The molecule has 7 heteroatoms. The van der Waals surface area contributed by atoms with Gasteiger partial charge in [0.1, 0.15) is 5.58 Å². The highest BCUT2D eigenvalue weighted by atomic mass is 16.6. The number of hydrogen-bond donors (Lipinski definition) is 0. The summed E-state index contributed by atoms with van der Waals surface area (Å²) in [5.41, 5.74) is 1.46. The van der Waals surface area contributed by atoms with E-state index in [4.69, 9.17) is 13.9 Å². The molecule has 1 saturated heterocycles. The van der Waals surface area contributed by atoms with E-state index in [0.29, 0.717) is 63.1 Å². The zero-order valence-corrected chi connectivity index (χ0v) is 18.3. The predicted molar refractivity (Wildman–Crippen MR) is 114 cm³/mol. The molecule has 1 fully saturated rings. The summed E-state index contributed by atoms with van der Waals surface area (Å²) in [5, 5.41) is 0.898. The number of nitrogens with zero attached hydrogens (tertiary/aromatic N) is 2. The van der Waals surface area contributed by atoms with Crippen LogP contribution in [0.15, 0.2) is 28.7 Å². The number of ether oxygens (including phenoxy) is 2. The Morgan fingerprint density at radius 2 is 1.73 bits per heavy atom. The molecule has 0 unspecified atom stereocenters. The summed E-state index contributed by atoms with van der Waals surface area (Å²) < 4.78 is 17.1. The van der Waals surface area contributed by atoms with E-state index in [0.717, 1.165) is 10.9 Å². The summed E-state index contributed by atoms with van der Waals surface area (Å²) >= 11 is 0. The van der Waals surface area contributed by atoms with Crippen molar-refractivity contribution in [2.24, 2.45) is 5.92 Å². The highest BCUT2D eigenvalue weighted by Crippen LogP contribution is 2.28. The van der Waals surface area contributed by atoms with E-state index in [-0.39, 0.29) is 18.1 Å². The molecule has 0 radical (unpaired) electrons. The average molecular weight is 417 g/mol. The Labute approximate surface area is 177 Å². The molecule has 30 heavy (non-hydrogen) atoms. The van der Waals surface area contributed by atoms with Gasteiger partial charge in [-0.2, -0.15) is 0 Å². The van der Waals surface area contributed by atoms with E-state index < -0.39 is 0 Å². The molecular formula is C23H32N2O5. The molecular weight excluding hydrogens is 384 g/mol. The van der Waals surface area contributed by atoms with Crippen LogP contribution in [0.1, 0.15) is 50.2 Å². The maximum Gasteiger partial charge on any atom is 0.409 e. The normalized spacial score (nSPS) is 15.1. The van der Waals surface area contributed by atoms with E-state index in [1.54, 1.807) is 9.80 Å². The van der Waals surface area contributed by atoms with E-state index >= 15 is 0 Å². The van der Waals surface area contributed by atoms with E-state index in [9.17, 15) is 9.59 Å². The minimum Gasteiger partial charge on any atom is -0.451 e. The molecule has 1 aliphatic heterocycles. The number of hydrogen-bond acceptors (Lipinski definition) is 5. The number of para-hydroxylation sites is 1. The van der Waals surface area contributed by atoms with Crippen molar-refractivity contribution in [3.63, 3.8) is 0 Å². The molecule has 1 aromatic carbocycles. The highest BCUT2D eigenvalue weighted by molar-refractivity contribution is 5.99. The number of benzene rings is 1. The fourth-order valence-corrected chi connectivity index (χ4v) is 3.44. The predicted octanol–water partition coefficient (Wildman–Crippen LogP) is 4.30. The first-order chi connectivity index (χ1) is 14.4. The van der Waals surface area contributed by atoms with E-state index in [1.807, 2.05) is 52.0 Å². The smallest absolute Gasteiger partial charge is 0.409 e. The van der Waals surface area contributed by atoms with Gasteiger partial charge in [-0.25, -0.2) is 4.79 Å². The minimum atomic E-state index is -0.312. The second kappa shape index (κ2) is 9.98. The molecule has 7 nitrogen and oxygen atoms in total. The third kappa shape index (κ3) is 5.33. The van der Waals surface area contributed by atoms with Crippen LogP contribution < -0.4 is 0 Å². The van der Waals surface area contributed by atoms with Gasteiger partial charge in [0.2, 0.25) is 0 Å². The van der Waals surface area contributed by atoms with Crippen molar-refractivity contribution >= 4 is 23.0 Å². The molecule has 0 bridgehead atoms. The van der Waals surface area contributed by atoms with Crippen LogP contribution in [0.25, 0.3) is 11.0 Å². The summed E-state index contributed by atoms with van der Waals surface area (Å²) in [5.74, 6) is 0.456. The molecule has 0 aliphatic carbocycles. The van der Waals surface area contributed by atoms with Crippen LogP contribution in [0.5, 0.6) is 0 Å². The van der Waals surface area contributed by atoms with Crippen molar-refractivity contribution in [1.29, 1.82) is 0 Å². The number of carbonyl (C=O) groups excluding carboxylic acids is 2. The number of carbonyl (C=O) groups is 2. The van der Waals surface area contributed by atoms with Gasteiger partial charge >= 0.3 is 6.09 Å². The van der Waals surface area contributed by atoms with Gasteiger partial charge in [0, 0.05) is 37.1 Å². The van der Waals surface area contributed by atoms with Crippen LogP contribution in [0.4, 0.5) is 4.79 Å². The van der Waals surface area contributed by atoms with Crippen molar-refractivity contribution in [2.45, 2.75) is 46.8 Å². The van der Waals surface area contributed by atoms with Crippen LogP contribution in [0.3, 0.4) is 0 Å².